The lowest BCUT2D eigenvalue weighted by molar-refractivity contribution is -0.120. The molecular weight excluding hydrogens is 420 g/mol. The zero-order chi connectivity index (χ0) is 23.2. The van der Waals surface area contributed by atoms with Gasteiger partial charge in [0.2, 0.25) is 5.91 Å². The Kier molecular flexibility index (Phi) is 6.92. The third-order valence-electron chi connectivity index (χ3n) is 5.66. The van der Waals surface area contributed by atoms with Gasteiger partial charge in [-0.05, 0) is 31.4 Å². The minimum atomic E-state index is -0.204. The molecule has 0 aliphatic carbocycles. The summed E-state index contributed by atoms with van der Waals surface area (Å²) in [6.45, 7) is 3.29. The van der Waals surface area contributed by atoms with E-state index in [2.05, 4.69) is 20.2 Å². The number of ether oxygens (including phenoxy) is 3. The summed E-state index contributed by atoms with van der Waals surface area (Å²) < 4.78 is 16.7. The van der Waals surface area contributed by atoms with E-state index in [0.29, 0.717) is 35.4 Å². The van der Waals surface area contributed by atoms with Crippen LogP contribution in [-0.4, -0.2) is 43.2 Å². The van der Waals surface area contributed by atoms with E-state index in [9.17, 15) is 4.79 Å². The molecule has 0 spiro atoms. The smallest absolute Gasteiger partial charge is 0.263 e. The second kappa shape index (κ2) is 10.2. The molecule has 0 radical (unpaired) electrons. The molecule has 8 heteroatoms. The average molecular weight is 449 g/mol. The second-order valence-corrected chi connectivity index (χ2v) is 7.93. The van der Waals surface area contributed by atoms with Crippen LogP contribution in [0.15, 0.2) is 54.9 Å². The number of hydrogen-bond donors (Lipinski definition) is 1. The van der Waals surface area contributed by atoms with Gasteiger partial charge in [-0.2, -0.15) is 0 Å². The molecule has 1 aliphatic heterocycles. The first-order valence-corrected chi connectivity index (χ1v) is 10.9. The lowest BCUT2D eigenvalue weighted by Crippen LogP contribution is -2.41. The number of anilines is 2. The van der Waals surface area contributed by atoms with Gasteiger partial charge in [-0.3, -0.25) is 4.79 Å². The van der Waals surface area contributed by atoms with Crippen molar-refractivity contribution in [3.63, 3.8) is 0 Å². The van der Waals surface area contributed by atoms with Crippen LogP contribution >= 0.6 is 0 Å². The summed E-state index contributed by atoms with van der Waals surface area (Å²) in [6, 6.07) is 13.1. The molecule has 1 atom stereocenters. The molecule has 2 heterocycles. The quantitative estimate of drug-likeness (QED) is 0.571. The highest BCUT2D eigenvalue weighted by Gasteiger charge is 2.29. The van der Waals surface area contributed by atoms with Gasteiger partial charge in [-0.1, -0.05) is 18.2 Å². The van der Waals surface area contributed by atoms with Crippen LogP contribution in [0.4, 0.5) is 11.5 Å². The van der Waals surface area contributed by atoms with Crippen molar-refractivity contribution in [1.82, 2.24) is 9.97 Å². The van der Waals surface area contributed by atoms with Gasteiger partial charge >= 0.3 is 0 Å². The van der Waals surface area contributed by atoms with Gasteiger partial charge in [-0.25, -0.2) is 9.97 Å². The Morgan fingerprint density at radius 2 is 1.79 bits per heavy atom. The number of nitrogens with one attached hydrogen (secondary N) is 1. The fourth-order valence-corrected chi connectivity index (χ4v) is 3.89. The van der Waals surface area contributed by atoms with E-state index >= 15 is 0 Å². The summed E-state index contributed by atoms with van der Waals surface area (Å²) in [5.41, 5.74) is 1.65. The topological polar surface area (TPSA) is 85.8 Å². The van der Waals surface area contributed by atoms with Crippen LogP contribution in [0.3, 0.4) is 0 Å². The molecule has 8 nitrogen and oxygen atoms in total. The van der Waals surface area contributed by atoms with Crippen molar-refractivity contribution in [3.05, 3.63) is 60.4 Å². The standard InChI is InChI=1S/C25H28N4O4/c1-17-7-4-5-9-22(17)33-25-23(26-10-11-27-25)29-12-6-8-18(16-29)24(30)28-19-13-20(31-2)15-21(14-19)32-3/h4-5,7,9-11,13-15,18H,6,8,12,16H2,1-3H3,(H,28,30). The highest BCUT2D eigenvalue weighted by atomic mass is 16.5. The third kappa shape index (κ3) is 5.34. The molecule has 1 amide bonds. The normalized spacial score (nSPS) is 15.6. The number of hydrogen-bond acceptors (Lipinski definition) is 7. The fourth-order valence-electron chi connectivity index (χ4n) is 3.89. The van der Waals surface area contributed by atoms with Crippen molar-refractivity contribution in [2.75, 3.05) is 37.5 Å². The van der Waals surface area contributed by atoms with Gasteiger partial charge in [0.25, 0.3) is 5.88 Å². The maximum Gasteiger partial charge on any atom is 0.263 e. The van der Waals surface area contributed by atoms with Crippen LogP contribution in [-0.2, 0) is 4.79 Å². The summed E-state index contributed by atoms with van der Waals surface area (Å²) in [4.78, 5) is 24.1. The predicted molar refractivity (Wildman–Crippen MR) is 126 cm³/mol. The van der Waals surface area contributed by atoms with Crippen molar-refractivity contribution < 1.29 is 19.0 Å². The van der Waals surface area contributed by atoms with E-state index in [1.54, 1.807) is 44.8 Å². The molecule has 0 bridgehead atoms. The minimum absolute atomic E-state index is 0.0553. The van der Waals surface area contributed by atoms with E-state index in [1.807, 2.05) is 31.2 Å². The molecule has 3 aromatic rings. The van der Waals surface area contributed by atoms with Crippen molar-refractivity contribution in [2.45, 2.75) is 19.8 Å². The monoisotopic (exact) mass is 448 g/mol. The molecule has 1 fully saturated rings. The fraction of sp³-hybridized carbons (Fsp3) is 0.320. The van der Waals surface area contributed by atoms with Crippen LogP contribution in [0.1, 0.15) is 18.4 Å². The number of piperidine rings is 1. The zero-order valence-corrected chi connectivity index (χ0v) is 19.1. The molecule has 4 rings (SSSR count). The lowest BCUT2D eigenvalue weighted by atomic mass is 9.97. The van der Waals surface area contributed by atoms with Crippen molar-refractivity contribution in [3.8, 4) is 23.1 Å². The largest absolute Gasteiger partial charge is 0.497 e. The molecule has 1 unspecified atom stereocenters. The molecular formula is C25H28N4O4. The number of amides is 1. The molecule has 1 N–H and O–H groups in total. The minimum Gasteiger partial charge on any atom is -0.497 e. The third-order valence-corrected chi connectivity index (χ3v) is 5.66. The average Bonchev–Trinajstić information content (AvgIpc) is 2.85. The van der Waals surface area contributed by atoms with Crippen molar-refractivity contribution in [1.29, 1.82) is 0 Å². The van der Waals surface area contributed by atoms with Crippen LogP contribution in [0.5, 0.6) is 23.1 Å². The van der Waals surface area contributed by atoms with E-state index in [4.69, 9.17) is 14.2 Å². The number of carbonyl (C=O) groups excluding carboxylic acids is 1. The number of rotatable bonds is 7. The number of aromatic nitrogens is 2. The molecule has 0 saturated carbocycles. The van der Waals surface area contributed by atoms with Crippen LogP contribution in [0, 0.1) is 12.8 Å². The summed E-state index contributed by atoms with van der Waals surface area (Å²) in [5, 5.41) is 3.00. The molecule has 1 saturated heterocycles. The molecule has 172 valence electrons. The van der Waals surface area contributed by atoms with E-state index in [0.717, 1.165) is 30.7 Å². The highest BCUT2D eigenvalue weighted by molar-refractivity contribution is 5.93. The van der Waals surface area contributed by atoms with Gasteiger partial charge < -0.3 is 24.4 Å². The number of para-hydroxylation sites is 1. The van der Waals surface area contributed by atoms with E-state index < -0.39 is 0 Å². The Balaban J connectivity index is 1.49. The molecule has 33 heavy (non-hydrogen) atoms. The van der Waals surface area contributed by atoms with E-state index in [1.165, 1.54) is 0 Å². The second-order valence-electron chi connectivity index (χ2n) is 7.93. The predicted octanol–water partition coefficient (Wildman–Crippen LogP) is 4.45. The zero-order valence-electron chi connectivity index (χ0n) is 19.1. The van der Waals surface area contributed by atoms with Gasteiger partial charge in [0, 0.05) is 49.4 Å². The SMILES string of the molecule is COc1cc(NC(=O)C2CCCN(c3nccnc3Oc3ccccc3C)C2)cc(OC)c1. The Labute approximate surface area is 193 Å². The first-order chi connectivity index (χ1) is 16.1. The first-order valence-electron chi connectivity index (χ1n) is 10.9. The maximum atomic E-state index is 13.1. The van der Waals surface area contributed by atoms with Crippen molar-refractivity contribution in [2.24, 2.45) is 5.92 Å². The first kappa shape index (κ1) is 22.4. The summed E-state index contributed by atoms with van der Waals surface area (Å²) in [5.74, 6) is 2.79. The maximum absolute atomic E-state index is 13.1. The molecule has 1 aliphatic rings. The number of nitrogens with zero attached hydrogens (tertiary/aromatic N) is 3. The van der Waals surface area contributed by atoms with Crippen LogP contribution in [0.2, 0.25) is 0 Å². The van der Waals surface area contributed by atoms with Gasteiger partial charge in [0.05, 0.1) is 20.1 Å². The summed E-state index contributed by atoms with van der Waals surface area (Å²) >= 11 is 0. The highest BCUT2D eigenvalue weighted by Crippen LogP contribution is 2.33. The van der Waals surface area contributed by atoms with Crippen LogP contribution in [0.25, 0.3) is 0 Å². The summed E-state index contributed by atoms with van der Waals surface area (Å²) in [7, 11) is 3.16. The molecule has 2 aromatic carbocycles. The van der Waals surface area contributed by atoms with Gasteiger partial charge in [0.1, 0.15) is 17.2 Å². The van der Waals surface area contributed by atoms with E-state index in [-0.39, 0.29) is 11.8 Å². The van der Waals surface area contributed by atoms with Gasteiger partial charge in [-0.15, -0.1) is 0 Å². The Morgan fingerprint density at radius 1 is 1.06 bits per heavy atom. The molecule has 1 aromatic heterocycles. The summed E-state index contributed by atoms with van der Waals surface area (Å²) in [6.07, 6.45) is 4.91. The Bertz CT molecular complexity index is 1100. The van der Waals surface area contributed by atoms with Crippen molar-refractivity contribution >= 4 is 17.4 Å². The Morgan fingerprint density at radius 3 is 2.52 bits per heavy atom. The number of methoxy groups -OCH3 is 2. The number of carbonyl (C=O) groups is 1. The number of aryl methyl sites for hydroxylation is 1. The lowest BCUT2D eigenvalue weighted by Gasteiger charge is -2.33. The van der Waals surface area contributed by atoms with Crippen LogP contribution < -0.4 is 24.4 Å². The Hall–Kier alpha value is -3.81. The van der Waals surface area contributed by atoms with Gasteiger partial charge in [0.15, 0.2) is 5.82 Å². The number of benzene rings is 2.